The monoisotopic (exact) mass is 250 g/mol. The van der Waals surface area contributed by atoms with Crippen LogP contribution in [0.3, 0.4) is 0 Å². The summed E-state index contributed by atoms with van der Waals surface area (Å²) >= 11 is 5.33. The van der Waals surface area contributed by atoms with Crippen LogP contribution in [0.25, 0.3) is 0 Å². The number of benzene rings is 1. The zero-order valence-corrected chi connectivity index (χ0v) is 11.1. The van der Waals surface area contributed by atoms with Crippen LogP contribution in [0.1, 0.15) is 24.4 Å². The average Bonchev–Trinajstić information content (AvgIpc) is 2.87. The summed E-state index contributed by atoms with van der Waals surface area (Å²) in [5.41, 5.74) is 1.31. The standard InChI is InChI=1S/C13H18N2OS/c1-14-13(17)15-9-3-4-12(15)10-5-7-11(16-2)8-6-10/h5-8,12H,3-4,9H2,1-2H3,(H,14,17)/t12-/m0/s1. The molecule has 1 fully saturated rings. The number of rotatable bonds is 2. The van der Waals surface area contributed by atoms with Crippen molar-refractivity contribution in [2.75, 3.05) is 20.7 Å². The fraction of sp³-hybridized carbons (Fsp3) is 0.462. The first-order valence-corrected chi connectivity index (χ1v) is 6.29. The molecule has 0 radical (unpaired) electrons. The summed E-state index contributed by atoms with van der Waals surface area (Å²) in [4.78, 5) is 2.26. The number of nitrogens with zero attached hydrogens (tertiary/aromatic N) is 1. The Balaban J connectivity index is 2.17. The van der Waals surface area contributed by atoms with Gasteiger partial charge in [-0.25, -0.2) is 0 Å². The van der Waals surface area contributed by atoms with Gasteiger partial charge in [0, 0.05) is 13.6 Å². The zero-order valence-electron chi connectivity index (χ0n) is 10.3. The van der Waals surface area contributed by atoms with Crippen LogP contribution in [0.4, 0.5) is 0 Å². The molecule has 1 aromatic carbocycles. The van der Waals surface area contributed by atoms with Crippen LogP contribution >= 0.6 is 12.2 Å². The van der Waals surface area contributed by atoms with Gasteiger partial charge in [-0.15, -0.1) is 0 Å². The molecular formula is C13H18N2OS. The minimum Gasteiger partial charge on any atom is -0.497 e. The predicted molar refractivity (Wildman–Crippen MR) is 73.3 cm³/mol. The first kappa shape index (κ1) is 12.2. The Bertz CT molecular complexity index is 391. The highest BCUT2D eigenvalue weighted by atomic mass is 32.1. The normalized spacial score (nSPS) is 19.2. The van der Waals surface area contributed by atoms with Crippen LogP contribution in [0, 0.1) is 0 Å². The molecule has 1 aliphatic rings. The summed E-state index contributed by atoms with van der Waals surface area (Å²) < 4.78 is 5.18. The number of likely N-dealkylation sites (tertiary alicyclic amines) is 1. The van der Waals surface area contributed by atoms with Crippen LogP contribution in [0.5, 0.6) is 5.75 Å². The van der Waals surface area contributed by atoms with Crippen molar-refractivity contribution in [3.05, 3.63) is 29.8 Å². The molecule has 1 aromatic rings. The number of hydrogen-bond acceptors (Lipinski definition) is 2. The van der Waals surface area contributed by atoms with Crippen molar-refractivity contribution in [1.29, 1.82) is 0 Å². The van der Waals surface area contributed by atoms with Crippen molar-refractivity contribution in [3.8, 4) is 5.75 Å². The van der Waals surface area contributed by atoms with Gasteiger partial charge in [0.05, 0.1) is 13.2 Å². The minimum absolute atomic E-state index is 0.404. The first-order chi connectivity index (χ1) is 8.26. The maximum atomic E-state index is 5.33. The lowest BCUT2D eigenvalue weighted by atomic mass is 10.0. The smallest absolute Gasteiger partial charge is 0.169 e. The molecule has 1 aliphatic heterocycles. The predicted octanol–water partition coefficient (Wildman–Crippen LogP) is 2.34. The van der Waals surface area contributed by atoms with Gasteiger partial charge in [0.1, 0.15) is 5.75 Å². The minimum atomic E-state index is 0.404. The highest BCUT2D eigenvalue weighted by Gasteiger charge is 2.27. The van der Waals surface area contributed by atoms with E-state index in [1.807, 2.05) is 19.2 Å². The number of methoxy groups -OCH3 is 1. The molecule has 2 rings (SSSR count). The summed E-state index contributed by atoms with van der Waals surface area (Å²) in [5.74, 6) is 0.898. The summed E-state index contributed by atoms with van der Waals surface area (Å²) in [6.45, 7) is 1.04. The highest BCUT2D eigenvalue weighted by Crippen LogP contribution is 2.32. The van der Waals surface area contributed by atoms with E-state index in [-0.39, 0.29) is 0 Å². The van der Waals surface area contributed by atoms with E-state index in [9.17, 15) is 0 Å². The van der Waals surface area contributed by atoms with E-state index in [0.717, 1.165) is 23.8 Å². The summed E-state index contributed by atoms with van der Waals surface area (Å²) in [6, 6.07) is 8.67. The second kappa shape index (κ2) is 5.36. The summed E-state index contributed by atoms with van der Waals surface area (Å²) in [6.07, 6.45) is 2.35. The first-order valence-electron chi connectivity index (χ1n) is 5.88. The molecule has 0 bridgehead atoms. The van der Waals surface area contributed by atoms with Gasteiger partial charge in [0.15, 0.2) is 5.11 Å². The largest absolute Gasteiger partial charge is 0.497 e. The summed E-state index contributed by atoms with van der Waals surface area (Å²) in [7, 11) is 3.57. The third kappa shape index (κ3) is 2.52. The van der Waals surface area contributed by atoms with Gasteiger partial charge in [-0.3, -0.25) is 0 Å². The van der Waals surface area contributed by atoms with E-state index >= 15 is 0 Å². The molecular weight excluding hydrogens is 232 g/mol. The van der Waals surface area contributed by atoms with Crippen LogP contribution < -0.4 is 10.1 Å². The Hall–Kier alpha value is -1.29. The van der Waals surface area contributed by atoms with Gasteiger partial charge in [0.2, 0.25) is 0 Å². The lowest BCUT2D eigenvalue weighted by Crippen LogP contribution is -2.37. The van der Waals surface area contributed by atoms with Crippen molar-refractivity contribution in [2.24, 2.45) is 0 Å². The Labute approximate surface area is 108 Å². The number of thiocarbonyl (C=S) groups is 1. The van der Waals surface area contributed by atoms with Gasteiger partial charge in [-0.05, 0) is 42.8 Å². The second-order valence-corrected chi connectivity index (χ2v) is 4.57. The zero-order chi connectivity index (χ0) is 12.3. The molecule has 0 unspecified atom stereocenters. The summed E-state index contributed by atoms with van der Waals surface area (Å²) in [5, 5.41) is 3.90. The third-order valence-corrected chi connectivity index (χ3v) is 3.67. The SMILES string of the molecule is CNC(=S)N1CCC[C@H]1c1ccc(OC)cc1. The average molecular weight is 250 g/mol. The fourth-order valence-electron chi connectivity index (χ4n) is 2.33. The van der Waals surface area contributed by atoms with E-state index in [2.05, 4.69) is 22.3 Å². The fourth-order valence-corrected chi connectivity index (χ4v) is 2.54. The van der Waals surface area contributed by atoms with Crippen LogP contribution in [-0.4, -0.2) is 30.7 Å². The van der Waals surface area contributed by atoms with E-state index in [0.29, 0.717) is 6.04 Å². The molecule has 3 nitrogen and oxygen atoms in total. The quantitative estimate of drug-likeness (QED) is 0.814. The Morgan fingerprint density at radius 1 is 1.41 bits per heavy atom. The number of nitrogens with one attached hydrogen (secondary N) is 1. The van der Waals surface area contributed by atoms with Gasteiger partial charge in [0.25, 0.3) is 0 Å². The van der Waals surface area contributed by atoms with Gasteiger partial charge in [-0.1, -0.05) is 12.1 Å². The molecule has 0 aliphatic carbocycles. The van der Waals surface area contributed by atoms with Gasteiger partial charge in [-0.2, -0.15) is 0 Å². The van der Waals surface area contributed by atoms with Crippen LogP contribution in [0.15, 0.2) is 24.3 Å². The molecule has 1 saturated heterocycles. The molecule has 17 heavy (non-hydrogen) atoms. The number of ether oxygens (including phenoxy) is 1. The molecule has 0 amide bonds. The van der Waals surface area contributed by atoms with E-state index < -0.39 is 0 Å². The second-order valence-electron chi connectivity index (χ2n) is 4.18. The molecule has 4 heteroatoms. The molecule has 1 atom stereocenters. The van der Waals surface area contributed by atoms with Gasteiger partial charge >= 0.3 is 0 Å². The molecule has 92 valence electrons. The topological polar surface area (TPSA) is 24.5 Å². The van der Waals surface area contributed by atoms with Gasteiger partial charge < -0.3 is 15.0 Å². The lowest BCUT2D eigenvalue weighted by Gasteiger charge is -2.27. The molecule has 0 spiro atoms. The highest BCUT2D eigenvalue weighted by molar-refractivity contribution is 7.80. The molecule has 0 aromatic heterocycles. The Morgan fingerprint density at radius 3 is 2.71 bits per heavy atom. The van der Waals surface area contributed by atoms with Crippen molar-refractivity contribution < 1.29 is 4.74 Å². The van der Waals surface area contributed by atoms with Crippen molar-refractivity contribution in [3.63, 3.8) is 0 Å². The van der Waals surface area contributed by atoms with E-state index in [1.54, 1.807) is 7.11 Å². The Kier molecular flexibility index (Phi) is 3.84. The molecule has 0 saturated carbocycles. The lowest BCUT2D eigenvalue weighted by molar-refractivity contribution is 0.394. The number of hydrogen-bond donors (Lipinski definition) is 1. The third-order valence-electron chi connectivity index (χ3n) is 3.23. The van der Waals surface area contributed by atoms with E-state index in [4.69, 9.17) is 17.0 Å². The van der Waals surface area contributed by atoms with Crippen LogP contribution in [-0.2, 0) is 0 Å². The maximum absolute atomic E-state index is 5.33. The van der Waals surface area contributed by atoms with E-state index in [1.165, 1.54) is 12.0 Å². The van der Waals surface area contributed by atoms with Crippen molar-refractivity contribution in [2.45, 2.75) is 18.9 Å². The maximum Gasteiger partial charge on any atom is 0.169 e. The van der Waals surface area contributed by atoms with Crippen molar-refractivity contribution >= 4 is 17.3 Å². The van der Waals surface area contributed by atoms with Crippen LogP contribution in [0.2, 0.25) is 0 Å². The Morgan fingerprint density at radius 2 is 2.12 bits per heavy atom. The molecule has 1 heterocycles. The van der Waals surface area contributed by atoms with Crippen molar-refractivity contribution in [1.82, 2.24) is 10.2 Å². The molecule has 1 N–H and O–H groups in total.